The molecule has 72 valence electrons. The highest BCUT2D eigenvalue weighted by molar-refractivity contribution is 6.00. The first-order chi connectivity index (χ1) is 6.09. The molecular weight excluding hydrogens is 166 g/mol. The zero-order chi connectivity index (χ0) is 9.47. The lowest BCUT2D eigenvalue weighted by Crippen LogP contribution is -2.41. The number of carbonyl (C=O) groups excluding carboxylic acids is 2. The molecule has 2 rings (SSSR count). The van der Waals surface area contributed by atoms with Gasteiger partial charge in [-0.25, -0.2) is 0 Å². The van der Waals surface area contributed by atoms with E-state index in [2.05, 4.69) is 6.92 Å². The van der Waals surface area contributed by atoms with Gasteiger partial charge in [-0.05, 0) is 18.3 Å². The third-order valence-corrected chi connectivity index (χ3v) is 3.04. The number of amides is 1. The van der Waals surface area contributed by atoms with Crippen LogP contribution in [0.1, 0.15) is 32.6 Å². The molecule has 1 aliphatic heterocycles. The van der Waals surface area contributed by atoms with Crippen molar-refractivity contribution in [3.63, 3.8) is 0 Å². The fourth-order valence-electron chi connectivity index (χ4n) is 1.75. The minimum Gasteiger partial charge on any atom is -0.341 e. The van der Waals surface area contributed by atoms with Crippen molar-refractivity contribution in [3.8, 4) is 0 Å². The Balaban J connectivity index is 1.92. The summed E-state index contributed by atoms with van der Waals surface area (Å²) in [7, 11) is 0. The van der Waals surface area contributed by atoms with Crippen LogP contribution in [-0.4, -0.2) is 29.7 Å². The number of Topliss-reactive ketones (excluding diaryl/α,β-unsaturated/α-hetero) is 1. The summed E-state index contributed by atoms with van der Waals surface area (Å²) >= 11 is 0. The Kier molecular flexibility index (Phi) is 1.90. The smallest absolute Gasteiger partial charge is 0.230 e. The van der Waals surface area contributed by atoms with Crippen LogP contribution in [0, 0.1) is 5.41 Å². The predicted molar refractivity (Wildman–Crippen MR) is 48.2 cm³/mol. The second-order valence-corrected chi connectivity index (χ2v) is 4.59. The molecule has 0 bridgehead atoms. The molecule has 0 spiro atoms. The van der Waals surface area contributed by atoms with Crippen molar-refractivity contribution in [1.29, 1.82) is 0 Å². The van der Waals surface area contributed by atoms with Gasteiger partial charge in [0, 0.05) is 19.5 Å². The second kappa shape index (κ2) is 2.82. The van der Waals surface area contributed by atoms with Gasteiger partial charge >= 0.3 is 0 Å². The van der Waals surface area contributed by atoms with Gasteiger partial charge < -0.3 is 4.90 Å². The fraction of sp³-hybridized carbons (Fsp3) is 0.800. The SMILES string of the molecule is CC1(CN2CCC(=O)CC2=O)CC1. The Hall–Kier alpha value is -0.860. The number of carbonyl (C=O) groups is 2. The Morgan fingerprint density at radius 3 is 2.62 bits per heavy atom. The van der Waals surface area contributed by atoms with E-state index in [1.165, 1.54) is 12.8 Å². The van der Waals surface area contributed by atoms with E-state index >= 15 is 0 Å². The van der Waals surface area contributed by atoms with Crippen molar-refractivity contribution < 1.29 is 9.59 Å². The maximum Gasteiger partial charge on any atom is 0.230 e. The van der Waals surface area contributed by atoms with Gasteiger partial charge in [0.05, 0.1) is 6.42 Å². The standard InChI is InChI=1S/C10H15NO2/c1-10(3-4-10)7-11-5-2-8(12)6-9(11)13/h2-7H2,1H3. The summed E-state index contributed by atoms with van der Waals surface area (Å²) < 4.78 is 0. The van der Waals surface area contributed by atoms with Crippen LogP contribution in [0.3, 0.4) is 0 Å². The highest BCUT2D eigenvalue weighted by Crippen LogP contribution is 2.45. The molecule has 0 aromatic rings. The summed E-state index contributed by atoms with van der Waals surface area (Å²) in [6.45, 7) is 3.71. The zero-order valence-electron chi connectivity index (χ0n) is 8.01. The summed E-state index contributed by atoms with van der Waals surface area (Å²) in [5.74, 6) is 0.131. The van der Waals surface area contributed by atoms with Crippen LogP contribution in [0.15, 0.2) is 0 Å². The molecule has 0 unspecified atom stereocenters. The van der Waals surface area contributed by atoms with Gasteiger partial charge in [0.15, 0.2) is 0 Å². The summed E-state index contributed by atoms with van der Waals surface area (Å²) in [5, 5.41) is 0. The van der Waals surface area contributed by atoms with Crippen LogP contribution in [0.2, 0.25) is 0 Å². The molecule has 1 heterocycles. The molecular formula is C10H15NO2. The number of ketones is 1. The largest absolute Gasteiger partial charge is 0.341 e. The molecule has 2 fully saturated rings. The highest BCUT2D eigenvalue weighted by atomic mass is 16.2. The fourth-order valence-corrected chi connectivity index (χ4v) is 1.75. The Bertz CT molecular complexity index is 256. The third-order valence-electron chi connectivity index (χ3n) is 3.04. The number of piperidine rings is 1. The van der Waals surface area contributed by atoms with Gasteiger partial charge in [-0.2, -0.15) is 0 Å². The minimum absolute atomic E-state index is 0.0318. The van der Waals surface area contributed by atoms with Gasteiger partial charge in [-0.3, -0.25) is 9.59 Å². The van der Waals surface area contributed by atoms with Gasteiger partial charge in [-0.15, -0.1) is 0 Å². The normalized spacial score (nSPS) is 26.4. The molecule has 0 atom stereocenters. The number of hydrogen-bond acceptors (Lipinski definition) is 2. The van der Waals surface area contributed by atoms with Gasteiger partial charge in [-0.1, -0.05) is 6.92 Å². The predicted octanol–water partition coefficient (Wildman–Crippen LogP) is 0.978. The molecule has 3 heteroatoms. The van der Waals surface area contributed by atoms with Gasteiger partial charge in [0.2, 0.25) is 5.91 Å². The van der Waals surface area contributed by atoms with Crippen LogP contribution in [0.4, 0.5) is 0 Å². The second-order valence-electron chi connectivity index (χ2n) is 4.59. The minimum atomic E-state index is 0.0318. The third kappa shape index (κ3) is 1.90. The van der Waals surface area contributed by atoms with Crippen molar-refractivity contribution in [2.45, 2.75) is 32.6 Å². The first-order valence-electron chi connectivity index (χ1n) is 4.89. The lowest BCUT2D eigenvalue weighted by atomic mass is 10.0. The molecule has 0 aromatic carbocycles. The Morgan fingerprint density at radius 2 is 2.08 bits per heavy atom. The molecule has 2 aliphatic rings. The van der Waals surface area contributed by atoms with Gasteiger partial charge in [0.1, 0.15) is 5.78 Å². The van der Waals surface area contributed by atoms with E-state index in [0.29, 0.717) is 18.4 Å². The number of nitrogens with zero attached hydrogens (tertiary/aromatic N) is 1. The van der Waals surface area contributed by atoms with Crippen molar-refractivity contribution in [3.05, 3.63) is 0 Å². The lowest BCUT2D eigenvalue weighted by molar-refractivity contribution is -0.140. The first-order valence-corrected chi connectivity index (χ1v) is 4.89. The zero-order valence-corrected chi connectivity index (χ0v) is 8.01. The molecule has 0 N–H and O–H groups in total. The molecule has 3 nitrogen and oxygen atoms in total. The molecule has 0 aromatic heterocycles. The van der Waals surface area contributed by atoms with E-state index in [4.69, 9.17) is 0 Å². The maximum absolute atomic E-state index is 11.4. The average Bonchev–Trinajstić information content (AvgIpc) is 2.75. The van der Waals surface area contributed by atoms with Crippen molar-refractivity contribution in [1.82, 2.24) is 4.90 Å². The van der Waals surface area contributed by atoms with E-state index in [1.807, 2.05) is 4.90 Å². The van der Waals surface area contributed by atoms with E-state index in [9.17, 15) is 9.59 Å². The summed E-state index contributed by atoms with van der Waals surface area (Å²) in [6, 6.07) is 0. The van der Waals surface area contributed by atoms with E-state index in [0.717, 1.165) is 6.54 Å². The Morgan fingerprint density at radius 1 is 1.38 bits per heavy atom. The van der Waals surface area contributed by atoms with E-state index < -0.39 is 0 Å². The highest BCUT2D eigenvalue weighted by Gasteiger charge is 2.40. The van der Waals surface area contributed by atoms with Crippen molar-refractivity contribution >= 4 is 11.7 Å². The van der Waals surface area contributed by atoms with Crippen LogP contribution < -0.4 is 0 Å². The number of likely N-dealkylation sites (tertiary alicyclic amines) is 1. The summed E-state index contributed by atoms with van der Waals surface area (Å²) in [6.07, 6.45) is 3.15. The molecule has 1 aliphatic carbocycles. The summed E-state index contributed by atoms with van der Waals surface area (Å²) in [5.41, 5.74) is 0.371. The van der Waals surface area contributed by atoms with Crippen molar-refractivity contribution in [2.75, 3.05) is 13.1 Å². The Labute approximate surface area is 78.1 Å². The van der Waals surface area contributed by atoms with Crippen molar-refractivity contribution in [2.24, 2.45) is 5.41 Å². The van der Waals surface area contributed by atoms with Gasteiger partial charge in [0.25, 0.3) is 0 Å². The summed E-state index contributed by atoms with van der Waals surface area (Å²) in [4.78, 5) is 24.2. The maximum atomic E-state index is 11.4. The van der Waals surface area contributed by atoms with Crippen LogP contribution in [0.25, 0.3) is 0 Å². The van der Waals surface area contributed by atoms with Crippen LogP contribution >= 0.6 is 0 Å². The monoisotopic (exact) mass is 181 g/mol. The van der Waals surface area contributed by atoms with E-state index in [-0.39, 0.29) is 18.1 Å². The molecule has 1 saturated heterocycles. The van der Waals surface area contributed by atoms with E-state index in [1.54, 1.807) is 0 Å². The molecule has 0 radical (unpaired) electrons. The average molecular weight is 181 g/mol. The molecule has 1 saturated carbocycles. The van der Waals surface area contributed by atoms with Crippen LogP contribution in [0.5, 0.6) is 0 Å². The quantitative estimate of drug-likeness (QED) is 0.595. The number of hydrogen-bond donors (Lipinski definition) is 0. The molecule has 1 amide bonds. The lowest BCUT2D eigenvalue weighted by Gasteiger charge is -2.28. The topological polar surface area (TPSA) is 37.4 Å². The first kappa shape index (κ1) is 8.73. The van der Waals surface area contributed by atoms with Crippen LogP contribution in [-0.2, 0) is 9.59 Å². The molecule has 13 heavy (non-hydrogen) atoms. The number of rotatable bonds is 2.